The van der Waals surface area contributed by atoms with Gasteiger partial charge in [0.2, 0.25) is 0 Å². The molecule has 0 saturated heterocycles. The summed E-state index contributed by atoms with van der Waals surface area (Å²) >= 11 is 0. The van der Waals surface area contributed by atoms with Crippen molar-refractivity contribution in [3.63, 3.8) is 0 Å². The molecule has 0 unspecified atom stereocenters. The predicted molar refractivity (Wildman–Crippen MR) is 62.5 cm³/mol. The zero-order valence-electron chi connectivity index (χ0n) is 9.29. The van der Waals surface area contributed by atoms with Crippen LogP contribution in [0.5, 0.6) is 0 Å². The largest absolute Gasteiger partial charge is 0.316 e. The van der Waals surface area contributed by atoms with Crippen LogP contribution in [0.25, 0.3) is 0 Å². The molecule has 0 fully saturated rings. The molecule has 0 amide bonds. The van der Waals surface area contributed by atoms with E-state index in [2.05, 4.69) is 49.5 Å². The Balaban J connectivity index is 2.05. The Bertz CT molecular complexity index is 228. The van der Waals surface area contributed by atoms with Gasteiger partial charge < -0.3 is 5.32 Å². The van der Waals surface area contributed by atoms with Gasteiger partial charge in [-0.2, -0.15) is 0 Å². The molecule has 1 aromatic carbocycles. The summed E-state index contributed by atoms with van der Waals surface area (Å²) in [4.78, 5) is 0. The van der Waals surface area contributed by atoms with Crippen molar-refractivity contribution in [1.29, 1.82) is 0 Å². The van der Waals surface area contributed by atoms with E-state index in [1.54, 1.807) is 0 Å². The summed E-state index contributed by atoms with van der Waals surface area (Å²) < 4.78 is 0. The minimum absolute atomic E-state index is 0.805. The van der Waals surface area contributed by atoms with Gasteiger partial charge in [-0.3, -0.25) is 0 Å². The van der Waals surface area contributed by atoms with Crippen LogP contribution in [0.15, 0.2) is 30.3 Å². The van der Waals surface area contributed by atoms with E-state index in [-0.39, 0.29) is 0 Å². The van der Waals surface area contributed by atoms with E-state index >= 15 is 0 Å². The maximum Gasteiger partial charge on any atom is -0.000835 e. The molecule has 0 atom stereocenters. The van der Waals surface area contributed by atoms with Gasteiger partial charge in [0.05, 0.1) is 0 Å². The third-order valence-electron chi connectivity index (χ3n) is 2.33. The second-order valence-electron chi connectivity index (χ2n) is 4.17. The molecule has 1 N–H and O–H groups in total. The summed E-state index contributed by atoms with van der Waals surface area (Å²) in [6, 6.07) is 10.6. The Kier molecular flexibility index (Phi) is 5.31. The second-order valence-corrected chi connectivity index (χ2v) is 4.17. The van der Waals surface area contributed by atoms with Crippen LogP contribution < -0.4 is 5.32 Å². The van der Waals surface area contributed by atoms with Gasteiger partial charge in [0.25, 0.3) is 0 Å². The maximum absolute atomic E-state index is 3.47. The van der Waals surface area contributed by atoms with Crippen LogP contribution in [0, 0.1) is 5.92 Å². The first kappa shape index (κ1) is 11.3. The van der Waals surface area contributed by atoms with E-state index < -0.39 is 0 Å². The molecule has 0 aromatic heterocycles. The molecule has 0 aliphatic rings. The van der Waals surface area contributed by atoms with Crippen LogP contribution >= 0.6 is 0 Å². The molecule has 1 rings (SSSR count). The number of hydrogen-bond acceptors (Lipinski definition) is 1. The van der Waals surface area contributed by atoms with Gasteiger partial charge in [-0.1, -0.05) is 44.2 Å². The van der Waals surface area contributed by atoms with Gasteiger partial charge >= 0.3 is 0 Å². The van der Waals surface area contributed by atoms with Gasteiger partial charge in [0.1, 0.15) is 0 Å². The lowest BCUT2D eigenvalue weighted by atomic mass is 10.1. The number of nitrogens with one attached hydrogen (secondary N) is 1. The van der Waals surface area contributed by atoms with Crippen molar-refractivity contribution < 1.29 is 0 Å². The van der Waals surface area contributed by atoms with Crippen molar-refractivity contribution in [2.75, 3.05) is 13.1 Å². The van der Waals surface area contributed by atoms with Gasteiger partial charge in [-0.15, -0.1) is 0 Å². The average molecular weight is 191 g/mol. The highest BCUT2D eigenvalue weighted by molar-refractivity contribution is 5.14. The van der Waals surface area contributed by atoms with E-state index in [9.17, 15) is 0 Å². The van der Waals surface area contributed by atoms with E-state index in [0.717, 1.165) is 25.4 Å². The topological polar surface area (TPSA) is 12.0 Å². The Morgan fingerprint density at radius 3 is 2.43 bits per heavy atom. The SMILES string of the molecule is CC(C)CCNCCc1ccccc1. The van der Waals surface area contributed by atoms with Crippen LogP contribution in [-0.2, 0) is 6.42 Å². The lowest BCUT2D eigenvalue weighted by molar-refractivity contribution is 0.539. The Morgan fingerprint density at radius 2 is 1.79 bits per heavy atom. The Hall–Kier alpha value is -0.820. The summed E-state index contributed by atoms with van der Waals surface area (Å²) in [5.74, 6) is 0.805. The molecule has 0 radical (unpaired) electrons. The fraction of sp³-hybridized carbons (Fsp3) is 0.538. The first-order valence-electron chi connectivity index (χ1n) is 5.53. The molecule has 1 aromatic rings. The smallest absolute Gasteiger partial charge is 0.000835 e. The summed E-state index contributed by atoms with van der Waals surface area (Å²) in [6.07, 6.45) is 2.41. The number of hydrogen-bond donors (Lipinski definition) is 1. The standard InChI is InChI=1S/C13H21N/c1-12(2)8-10-14-11-9-13-6-4-3-5-7-13/h3-7,12,14H,8-11H2,1-2H3. The van der Waals surface area contributed by atoms with Crippen molar-refractivity contribution in [1.82, 2.24) is 5.32 Å². The Morgan fingerprint density at radius 1 is 1.07 bits per heavy atom. The van der Waals surface area contributed by atoms with Gasteiger partial charge in [0.15, 0.2) is 0 Å². The first-order chi connectivity index (χ1) is 6.79. The highest BCUT2D eigenvalue weighted by Crippen LogP contribution is 1.99. The van der Waals surface area contributed by atoms with Crippen molar-refractivity contribution >= 4 is 0 Å². The second kappa shape index (κ2) is 6.61. The van der Waals surface area contributed by atoms with E-state index in [1.807, 2.05) is 0 Å². The zero-order valence-corrected chi connectivity index (χ0v) is 9.29. The number of rotatable bonds is 6. The molecule has 0 heterocycles. The molecule has 1 heteroatoms. The predicted octanol–water partition coefficient (Wildman–Crippen LogP) is 2.86. The van der Waals surface area contributed by atoms with Crippen LogP contribution in [0.4, 0.5) is 0 Å². The minimum Gasteiger partial charge on any atom is -0.316 e. The molecular formula is C13H21N. The van der Waals surface area contributed by atoms with Crippen LogP contribution in [0.3, 0.4) is 0 Å². The van der Waals surface area contributed by atoms with Gasteiger partial charge in [-0.05, 0) is 37.4 Å². The molecule has 0 aliphatic heterocycles. The van der Waals surface area contributed by atoms with Crippen molar-refractivity contribution in [2.24, 2.45) is 5.92 Å². The lowest BCUT2D eigenvalue weighted by Gasteiger charge is -2.06. The summed E-state index contributed by atoms with van der Waals surface area (Å²) in [5.41, 5.74) is 1.42. The monoisotopic (exact) mass is 191 g/mol. The molecular weight excluding hydrogens is 170 g/mol. The lowest BCUT2D eigenvalue weighted by Crippen LogP contribution is -2.19. The third kappa shape index (κ3) is 5.03. The normalized spacial score (nSPS) is 10.8. The minimum atomic E-state index is 0.805. The quantitative estimate of drug-likeness (QED) is 0.682. The van der Waals surface area contributed by atoms with E-state index in [1.165, 1.54) is 12.0 Å². The number of benzene rings is 1. The van der Waals surface area contributed by atoms with Crippen molar-refractivity contribution in [3.05, 3.63) is 35.9 Å². The highest BCUT2D eigenvalue weighted by atomic mass is 14.8. The zero-order chi connectivity index (χ0) is 10.2. The molecule has 14 heavy (non-hydrogen) atoms. The van der Waals surface area contributed by atoms with Crippen molar-refractivity contribution in [2.45, 2.75) is 26.7 Å². The van der Waals surface area contributed by atoms with Gasteiger partial charge in [-0.25, -0.2) is 0 Å². The average Bonchev–Trinajstić information content (AvgIpc) is 2.18. The van der Waals surface area contributed by atoms with E-state index in [4.69, 9.17) is 0 Å². The van der Waals surface area contributed by atoms with Crippen LogP contribution in [0.2, 0.25) is 0 Å². The summed E-state index contributed by atoms with van der Waals surface area (Å²) in [6.45, 7) is 6.76. The molecule has 0 saturated carbocycles. The Labute approximate surface area is 87.5 Å². The highest BCUT2D eigenvalue weighted by Gasteiger charge is 1.93. The van der Waals surface area contributed by atoms with Crippen molar-refractivity contribution in [3.8, 4) is 0 Å². The summed E-state index contributed by atoms with van der Waals surface area (Å²) in [7, 11) is 0. The first-order valence-corrected chi connectivity index (χ1v) is 5.53. The fourth-order valence-electron chi connectivity index (χ4n) is 1.39. The molecule has 0 spiro atoms. The van der Waals surface area contributed by atoms with E-state index in [0.29, 0.717) is 0 Å². The fourth-order valence-corrected chi connectivity index (χ4v) is 1.39. The van der Waals surface area contributed by atoms with Crippen LogP contribution in [-0.4, -0.2) is 13.1 Å². The third-order valence-corrected chi connectivity index (χ3v) is 2.33. The molecule has 78 valence electrons. The van der Waals surface area contributed by atoms with Crippen LogP contribution in [0.1, 0.15) is 25.8 Å². The molecule has 0 bridgehead atoms. The summed E-state index contributed by atoms with van der Waals surface area (Å²) in [5, 5.41) is 3.47. The maximum atomic E-state index is 3.47. The molecule has 1 nitrogen and oxygen atoms in total. The van der Waals surface area contributed by atoms with Gasteiger partial charge in [0, 0.05) is 0 Å². The molecule has 0 aliphatic carbocycles.